The second kappa shape index (κ2) is 6.48. The van der Waals surface area contributed by atoms with Gasteiger partial charge in [0.05, 0.1) is 6.54 Å². The third-order valence-corrected chi connectivity index (χ3v) is 4.22. The Balaban J connectivity index is 1.67. The highest BCUT2D eigenvalue weighted by Crippen LogP contribution is 2.27. The molecule has 0 spiro atoms. The molecule has 3 rings (SSSR count). The summed E-state index contributed by atoms with van der Waals surface area (Å²) < 4.78 is 14.5. The molecule has 1 aliphatic rings. The van der Waals surface area contributed by atoms with E-state index in [4.69, 9.17) is 11.6 Å². The molecular weight excluding hydrogens is 305 g/mol. The van der Waals surface area contributed by atoms with E-state index in [1.165, 1.54) is 12.1 Å². The van der Waals surface area contributed by atoms with Crippen LogP contribution < -0.4 is 5.32 Å². The Hall–Kier alpha value is -1.88. The summed E-state index contributed by atoms with van der Waals surface area (Å²) in [6.07, 6.45) is 5.73. The first-order chi connectivity index (χ1) is 10.6. The minimum Gasteiger partial charge on any atom is -0.308 e. The number of rotatable bonds is 4. The van der Waals surface area contributed by atoms with Gasteiger partial charge in [-0.05, 0) is 30.5 Å². The maximum Gasteiger partial charge on any atom is 0.228 e. The largest absolute Gasteiger partial charge is 0.308 e. The van der Waals surface area contributed by atoms with Crippen LogP contribution in [0.3, 0.4) is 0 Å². The monoisotopic (exact) mass is 321 g/mol. The lowest BCUT2D eigenvalue weighted by molar-refractivity contribution is -0.119. The molecule has 1 fully saturated rings. The van der Waals surface area contributed by atoms with Gasteiger partial charge in [0.25, 0.3) is 0 Å². The molecular formula is C16H17ClFN3O. The van der Waals surface area contributed by atoms with Crippen molar-refractivity contribution in [3.8, 4) is 0 Å². The van der Waals surface area contributed by atoms with Crippen molar-refractivity contribution in [2.75, 3.05) is 5.32 Å². The highest BCUT2D eigenvalue weighted by atomic mass is 35.5. The van der Waals surface area contributed by atoms with Gasteiger partial charge in [0.2, 0.25) is 5.91 Å². The Morgan fingerprint density at radius 3 is 2.68 bits per heavy atom. The Morgan fingerprint density at radius 2 is 2.00 bits per heavy atom. The van der Waals surface area contributed by atoms with Gasteiger partial charge in [0, 0.05) is 12.1 Å². The summed E-state index contributed by atoms with van der Waals surface area (Å²) >= 11 is 6.13. The highest BCUT2D eigenvalue weighted by Gasteiger charge is 2.24. The van der Waals surface area contributed by atoms with Crippen molar-refractivity contribution in [1.82, 2.24) is 9.78 Å². The summed E-state index contributed by atoms with van der Waals surface area (Å²) in [6, 6.07) is 6.20. The number of halogens is 2. The van der Waals surface area contributed by atoms with Crippen LogP contribution in [0.5, 0.6) is 0 Å². The average Bonchev–Trinajstić information content (AvgIpc) is 3.12. The molecule has 22 heavy (non-hydrogen) atoms. The molecule has 1 N–H and O–H groups in total. The summed E-state index contributed by atoms with van der Waals surface area (Å²) in [5.41, 5.74) is 0.911. The summed E-state index contributed by atoms with van der Waals surface area (Å²) in [7, 11) is 0. The topological polar surface area (TPSA) is 46.9 Å². The number of hydrogen-bond donors (Lipinski definition) is 1. The van der Waals surface area contributed by atoms with Crippen LogP contribution in [0.15, 0.2) is 30.5 Å². The van der Waals surface area contributed by atoms with Crippen LogP contribution in [0.2, 0.25) is 5.02 Å². The lowest BCUT2D eigenvalue weighted by Crippen LogP contribution is -2.20. The lowest BCUT2D eigenvalue weighted by atomic mass is 10.1. The predicted octanol–water partition coefficient (Wildman–Crippen LogP) is 3.85. The molecule has 2 aromatic rings. The summed E-state index contributed by atoms with van der Waals surface area (Å²) in [6.45, 7) is 0.472. The summed E-state index contributed by atoms with van der Waals surface area (Å²) in [5.74, 6) is 0.178. The number of benzene rings is 1. The SMILES string of the molecule is O=C(Nc1nn(Cc2ccc(F)cc2)cc1Cl)C1CCCC1. The van der Waals surface area contributed by atoms with Gasteiger partial charge in [-0.3, -0.25) is 9.48 Å². The van der Waals surface area contributed by atoms with Crippen molar-refractivity contribution >= 4 is 23.3 Å². The van der Waals surface area contributed by atoms with E-state index in [1.807, 2.05) is 0 Å². The van der Waals surface area contributed by atoms with Gasteiger partial charge in [0.1, 0.15) is 10.8 Å². The number of nitrogens with zero attached hydrogens (tertiary/aromatic N) is 2. The smallest absolute Gasteiger partial charge is 0.228 e. The highest BCUT2D eigenvalue weighted by molar-refractivity contribution is 6.33. The second-order valence-corrected chi connectivity index (χ2v) is 6.03. The van der Waals surface area contributed by atoms with E-state index in [9.17, 15) is 9.18 Å². The molecule has 6 heteroatoms. The van der Waals surface area contributed by atoms with Crippen molar-refractivity contribution in [1.29, 1.82) is 0 Å². The molecule has 4 nitrogen and oxygen atoms in total. The molecule has 1 aromatic carbocycles. The molecule has 1 amide bonds. The normalized spacial score (nSPS) is 15.2. The number of hydrogen-bond acceptors (Lipinski definition) is 2. The third-order valence-electron chi connectivity index (χ3n) is 3.94. The van der Waals surface area contributed by atoms with E-state index in [1.54, 1.807) is 23.0 Å². The van der Waals surface area contributed by atoms with Gasteiger partial charge in [-0.25, -0.2) is 4.39 Å². The molecule has 1 saturated carbocycles. The molecule has 0 aliphatic heterocycles. The fourth-order valence-corrected chi connectivity index (χ4v) is 2.94. The molecule has 0 atom stereocenters. The van der Waals surface area contributed by atoms with Crippen molar-refractivity contribution < 1.29 is 9.18 Å². The first-order valence-corrected chi connectivity index (χ1v) is 7.78. The first kappa shape index (κ1) is 15.0. The van der Waals surface area contributed by atoms with Crippen LogP contribution in [0.4, 0.5) is 10.2 Å². The molecule has 0 radical (unpaired) electrons. The Labute approximate surface area is 133 Å². The Kier molecular flexibility index (Phi) is 4.43. The van der Waals surface area contributed by atoms with E-state index >= 15 is 0 Å². The maximum absolute atomic E-state index is 12.9. The van der Waals surface area contributed by atoms with Gasteiger partial charge < -0.3 is 5.32 Å². The van der Waals surface area contributed by atoms with Crippen molar-refractivity contribution in [2.24, 2.45) is 5.92 Å². The average molecular weight is 322 g/mol. The van der Waals surface area contributed by atoms with Crippen LogP contribution in [0.1, 0.15) is 31.2 Å². The van der Waals surface area contributed by atoms with Crippen molar-refractivity contribution in [3.05, 3.63) is 46.9 Å². The molecule has 1 aromatic heterocycles. The van der Waals surface area contributed by atoms with E-state index < -0.39 is 0 Å². The number of aromatic nitrogens is 2. The van der Waals surface area contributed by atoms with Gasteiger partial charge in [-0.2, -0.15) is 5.10 Å². The third kappa shape index (κ3) is 3.47. The molecule has 0 unspecified atom stereocenters. The lowest BCUT2D eigenvalue weighted by Gasteiger charge is -2.08. The van der Waals surface area contributed by atoms with Crippen LogP contribution >= 0.6 is 11.6 Å². The zero-order valence-electron chi connectivity index (χ0n) is 12.1. The van der Waals surface area contributed by atoms with Crippen LogP contribution in [0, 0.1) is 11.7 Å². The molecule has 116 valence electrons. The fourth-order valence-electron chi connectivity index (χ4n) is 2.75. The fraction of sp³-hybridized carbons (Fsp3) is 0.375. The molecule has 1 aliphatic carbocycles. The van der Waals surface area contributed by atoms with Crippen molar-refractivity contribution in [3.63, 3.8) is 0 Å². The Morgan fingerprint density at radius 1 is 1.32 bits per heavy atom. The standard InChI is InChI=1S/C16H17ClFN3O/c17-14-10-21(9-11-5-7-13(18)8-6-11)20-15(14)19-16(22)12-3-1-2-4-12/h5-8,10,12H,1-4,9H2,(H,19,20,22). The zero-order valence-corrected chi connectivity index (χ0v) is 12.8. The quantitative estimate of drug-likeness (QED) is 0.929. The zero-order chi connectivity index (χ0) is 15.5. The molecule has 1 heterocycles. The number of carbonyl (C=O) groups excluding carboxylic acids is 1. The van der Waals surface area contributed by atoms with Crippen LogP contribution in [-0.2, 0) is 11.3 Å². The first-order valence-electron chi connectivity index (χ1n) is 7.40. The van der Waals surface area contributed by atoms with Gasteiger partial charge in [0.15, 0.2) is 5.82 Å². The molecule has 0 saturated heterocycles. The van der Waals surface area contributed by atoms with E-state index in [-0.39, 0.29) is 17.6 Å². The second-order valence-electron chi connectivity index (χ2n) is 5.62. The summed E-state index contributed by atoms with van der Waals surface area (Å²) in [5, 5.41) is 7.51. The minimum atomic E-state index is -0.272. The van der Waals surface area contributed by atoms with Gasteiger partial charge in [-0.1, -0.05) is 36.6 Å². The number of anilines is 1. The Bertz CT molecular complexity index is 663. The van der Waals surface area contributed by atoms with E-state index in [2.05, 4.69) is 10.4 Å². The van der Waals surface area contributed by atoms with Crippen LogP contribution in [-0.4, -0.2) is 15.7 Å². The predicted molar refractivity (Wildman–Crippen MR) is 83.3 cm³/mol. The van der Waals surface area contributed by atoms with E-state index in [0.717, 1.165) is 31.2 Å². The van der Waals surface area contributed by atoms with Crippen molar-refractivity contribution in [2.45, 2.75) is 32.2 Å². The molecule has 0 bridgehead atoms. The maximum atomic E-state index is 12.9. The van der Waals surface area contributed by atoms with Gasteiger partial charge in [-0.15, -0.1) is 0 Å². The number of amides is 1. The van der Waals surface area contributed by atoms with Crippen LogP contribution in [0.25, 0.3) is 0 Å². The number of nitrogens with one attached hydrogen (secondary N) is 1. The number of carbonyl (C=O) groups is 1. The van der Waals surface area contributed by atoms with Gasteiger partial charge >= 0.3 is 0 Å². The van der Waals surface area contributed by atoms with E-state index in [0.29, 0.717) is 17.4 Å². The summed E-state index contributed by atoms with van der Waals surface area (Å²) in [4.78, 5) is 12.1. The minimum absolute atomic E-state index is 0.00793.